The number of methoxy groups -OCH3 is 3. The lowest BCUT2D eigenvalue weighted by Gasteiger charge is -2.47. The van der Waals surface area contributed by atoms with Crippen LogP contribution in [0.3, 0.4) is 0 Å². The molecular formula is C27H56O3. The van der Waals surface area contributed by atoms with E-state index in [2.05, 4.69) is 20.8 Å². The molecule has 0 aromatic rings. The summed E-state index contributed by atoms with van der Waals surface area (Å²) in [5.41, 5.74) is -0.0613. The van der Waals surface area contributed by atoms with Gasteiger partial charge in [0, 0.05) is 21.3 Å². The van der Waals surface area contributed by atoms with Crippen molar-refractivity contribution >= 4 is 0 Å². The monoisotopic (exact) mass is 428 g/mol. The van der Waals surface area contributed by atoms with Gasteiger partial charge in [-0.15, -0.1) is 0 Å². The second kappa shape index (κ2) is 19.6. The van der Waals surface area contributed by atoms with Gasteiger partial charge in [-0.2, -0.15) is 0 Å². The quantitative estimate of drug-likeness (QED) is 0.120. The molecule has 0 heterocycles. The standard InChI is InChI=1S/C27H56O3/c1-7-10-13-15-17-18-20-22-25-26(23-12-9-3,27(28-4,29-5)30-6)24-21-19-16-14-11-8-2/h7-25H2,1-6H3. The summed E-state index contributed by atoms with van der Waals surface area (Å²) in [6, 6.07) is 0. The Labute approximate surface area is 190 Å². The maximum Gasteiger partial charge on any atom is 0.288 e. The second-order valence-corrected chi connectivity index (χ2v) is 9.30. The molecule has 1 atom stereocenters. The highest BCUT2D eigenvalue weighted by Crippen LogP contribution is 2.48. The second-order valence-electron chi connectivity index (χ2n) is 9.30. The zero-order valence-electron chi connectivity index (χ0n) is 21.7. The highest BCUT2D eigenvalue weighted by Gasteiger charge is 2.52. The van der Waals surface area contributed by atoms with Crippen LogP contribution in [0.15, 0.2) is 0 Å². The Balaban J connectivity index is 4.97. The molecule has 0 aromatic carbocycles. The predicted octanol–water partition coefficient (Wildman–Crippen LogP) is 9.04. The minimum absolute atomic E-state index is 0.0613. The summed E-state index contributed by atoms with van der Waals surface area (Å²) in [5.74, 6) is -0.924. The van der Waals surface area contributed by atoms with Gasteiger partial charge in [0.1, 0.15) is 0 Å². The van der Waals surface area contributed by atoms with Crippen molar-refractivity contribution in [2.24, 2.45) is 5.41 Å². The Morgan fingerprint density at radius 1 is 0.400 bits per heavy atom. The van der Waals surface area contributed by atoms with Crippen LogP contribution in [0.5, 0.6) is 0 Å². The summed E-state index contributed by atoms with van der Waals surface area (Å²) in [4.78, 5) is 0. The molecule has 0 rings (SSSR count). The molecule has 0 spiro atoms. The molecule has 0 fully saturated rings. The van der Waals surface area contributed by atoms with Crippen molar-refractivity contribution in [2.45, 2.75) is 149 Å². The summed E-state index contributed by atoms with van der Waals surface area (Å²) in [6.07, 6.45) is 24.5. The van der Waals surface area contributed by atoms with E-state index in [-0.39, 0.29) is 5.41 Å². The van der Waals surface area contributed by atoms with E-state index in [0.29, 0.717) is 0 Å². The Morgan fingerprint density at radius 3 is 1.03 bits per heavy atom. The Morgan fingerprint density at radius 2 is 0.700 bits per heavy atom. The predicted molar refractivity (Wildman–Crippen MR) is 131 cm³/mol. The topological polar surface area (TPSA) is 27.7 Å². The summed E-state index contributed by atoms with van der Waals surface area (Å²) in [6.45, 7) is 6.84. The molecule has 3 nitrogen and oxygen atoms in total. The van der Waals surface area contributed by atoms with Gasteiger partial charge in [-0.3, -0.25) is 0 Å². The summed E-state index contributed by atoms with van der Waals surface area (Å²) < 4.78 is 17.9. The molecule has 0 aliphatic heterocycles. The first kappa shape index (κ1) is 29.9. The summed E-state index contributed by atoms with van der Waals surface area (Å²) >= 11 is 0. The van der Waals surface area contributed by atoms with Gasteiger partial charge in [0.25, 0.3) is 5.97 Å². The van der Waals surface area contributed by atoms with Crippen molar-refractivity contribution in [3.63, 3.8) is 0 Å². The van der Waals surface area contributed by atoms with Crippen LogP contribution in [0.2, 0.25) is 0 Å². The van der Waals surface area contributed by atoms with Crippen molar-refractivity contribution < 1.29 is 14.2 Å². The van der Waals surface area contributed by atoms with Gasteiger partial charge < -0.3 is 14.2 Å². The van der Waals surface area contributed by atoms with E-state index >= 15 is 0 Å². The fourth-order valence-corrected chi connectivity index (χ4v) is 5.09. The first-order valence-electron chi connectivity index (χ1n) is 13.3. The van der Waals surface area contributed by atoms with Crippen LogP contribution in [0, 0.1) is 5.41 Å². The molecule has 0 bridgehead atoms. The molecule has 30 heavy (non-hydrogen) atoms. The van der Waals surface area contributed by atoms with Crippen LogP contribution in [0.1, 0.15) is 143 Å². The Hall–Kier alpha value is -0.120. The summed E-state index contributed by atoms with van der Waals surface area (Å²) in [7, 11) is 5.26. The number of hydrogen-bond acceptors (Lipinski definition) is 3. The minimum Gasteiger partial charge on any atom is -0.330 e. The Kier molecular flexibility index (Phi) is 19.5. The molecule has 0 aliphatic rings. The van der Waals surface area contributed by atoms with Gasteiger partial charge in [-0.05, 0) is 19.3 Å². The molecule has 0 saturated carbocycles. The van der Waals surface area contributed by atoms with Crippen LogP contribution in [0.4, 0.5) is 0 Å². The minimum atomic E-state index is -0.924. The largest absolute Gasteiger partial charge is 0.330 e. The van der Waals surface area contributed by atoms with Gasteiger partial charge in [0.05, 0.1) is 5.41 Å². The maximum atomic E-state index is 5.97. The van der Waals surface area contributed by atoms with Crippen molar-refractivity contribution in [2.75, 3.05) is 21.3 Å². The van der Waals surface area contributed by atoms with E-state index < -0.39 is 5.97 Å². The van der Waals surface area contributed by atoms with Gasteiger partial charge in [0.15, 0.2) is 0 Å². The van der Waals surface area contributed by atoms with E-state index in [4.69, 9.17) is 14.2 Å². The van der Waals surface area contributed by atoms with Crippen molar-refractivity contribution in [3.05, 3.63) is 0 Å². The Bertz CT molecular complexity index is 346. The number of unbranched alkanes of at least 4 members (excludes halogenated alkanes) is 13. The fourth-order valence-electron chi connectivity index (χ4n) is 5.09. The first-order valence-corrected chi connectivity index (χ1v) is 13.3. The normalized spacial score (nSPS) is 14.2. The van der Waals surface area contributed by atoms with Gasteiger partial charge in [-0.25, -0.2) is 0 Å². The third kappa shape index (κ3) is 11.0. The van der Waals surface area contributed by atoms with Crippen molar-refractivity contribution in [1.82, 2.24) is 0 Å². The molecule has 0 aromatic heterocycles. The third-order valence-corrected chi connectivity index (χ3v) is 6.98. The van der Waals surface area contributed by atoms with Crippen molar-refractivity contribution in [1.29, 1.82) is 0 Å². The summed E-state index contributed by atoms with van der Waals surface area (Å²) in [5, 5.41) is 0. The zero-order valence-corrected chi connectivity index (χ0v) is 21.7. The molecule has 0 aliphatic carbocycles. The van der Waals surface area contributed by atoms with Crippen molar-refractivity contribution in [3.8, 4) is 0 Å². The lowest BCUT2D eigenvalue weighted by molar-refractivity contribution is -0.411. The van der Waals surface area contributed by atoms with Crippen LogP contribution >= 0.6 is 0 Å². The molecule has 0 N–H and O–H groups in total. The average molecular weight is 429 g/mol. The van der Waals surface area contributed by atoms with E-state index in [1.165, 1.54) is 103 Å². The zero-order chi connectivity index (χ0) is 22.6. The maximum absolute atomic E-state index is 5.97. The molecule has 0 radical (unpaired) electrons. The lowest BCUT2D eigenvalue weighted by Crippen LogP contribution is -2.53. The number of ether oxygens (including phenoxy) is 3. The smallest absolute Gasteiger partial charge is 0.288 e. The SMILES string of the molecule is CCCCCCCCCCC(CCCC)(CCCCCCCC)C(OC)(OC)OC. The van der Waals surface area contributed by atoms with Crippen LogP contribution in [0.25, 0.3) is 0 Å². The van der Waals surface area contributed by atoms with Crippen LogP contribution in [-0.4, -0.2) is 27.3 Å². The van der Waals surface area contributed by atoms with E-state index in [1.807, 2.05) is 0 Å². The van der Waals surface area contributed by atoms with E-state index in [0.717, 1.165) is 19.3 Å². The molecular weight excluding hydrogens is 372 g/mol. The molecule has 182 valence electrons. The highest BCUT2D eigenvalue weighted by molar-refractivity contribution is 4.89. The highest BCUT2D eigenvalue weighted by atomic mass is 16.9. The number of rotatable bonds is 23. The van der Waals surface area contributed by atoms with Gasteiger partial charge >= 0.3 is 0 Å². The molecule has 3 heteroatoms. The fraction of sp³-hybridized carbons (Fsp3) is 1.00. The molecule has 0 amide bonds. The first-order chi connectivity index (χ1) is 14.6. The average Bonchev–Trinajstić information content (AvgIpc) is 2.77. The third-order valence-electron chi connectivity index (χ3n) is 6.98. The van der Waals surface area contributed by atoms with E-state index in [9.17, 15) is 0 Å². The van der Waals surface area contributed by atoms with Gasteiger partial charge in [0.2, 0.25) is 0 Å². The van der Waals surface area contributed by atoms with E-state index in [1.54, 1.807) is 21.3 Å². The molecule has 1 unspecified atom stereocenters. The molecule has 0 saturated heterocycles. The number of hydrogen-bond donors (Lipinski definition) is 0. The van der Waals surface area contributed by atoms with Crippen LogP contribution < -0.4 is 0 Å². The lowest BCUT2D eigenvalue weighted by atomic mass is 9.71. The van der Waals surface area contributed by atoms with Crippen LogP contribution in [-0.2, 0) is 14.2 Å². The van der Waals surface area contributed by atoms with Gasteiger partial charge in [-0.1, -0.05) is 124 Å².